The van der Waals surface area contributed by atoms with Gasteiger partial charge in [0.2, 0.25) is 15.9 Å². The number of anilines is 2. The summed E-state index contributed by atoms with van der Waals surface area (Å²) in [6.07, 6.45) is 1.55. The molecule has 0 heterocycles. The molecule has 5 N–H and O–H groups in total. The number of sulfonamides is 1. The van der Waals surface area contributed by atoms with E-state index < -0.39 is 27.1 Å². The molecule has 4 aromatic rings. The number of carbonyl (C=O) groups excluding carboxylic acids is 3. The minimum absolute atomic E-state index is 0.0235. The van der Waals surface area contributed by atoms with Crippen molar-refractivity contribution in [2.45, 2.75) is 22.0 Å². The SMILES string of the molecule is CC(Sc1cccc(NC(=O)/C(=C/c2ccc(Cl)cc2)NC(=O)c2ccccc2)c1)C(=O)Nc1ccc(S(N)(=O)=O)cc1. The summed E-state index contributed by atoms with van der Waals surface area (Å²) < 4.78 is 22.9. The number of hydrogen-bond acceptors (Lipinski definition) is 6. The summed E-state index contributed by atoms with van der Waals surface area (Å²) in [5, 5.41) is 13.4. The standard InChI is InChI=1S/C31H27ClN4O5S2/c1-20(29(37)34-24-14-16-27(17-15-24)43(33,40)41)42-26-9-5-8-25(19-26)35-31(39)28(18-21-10-12-23(32)13-11-21)36-30(38)22-6-3-2-4-7-22/h2-20H,1H3,(H,34,37)(H,35,39)(H,36,38)(H2,33,40,41)/b28-18-. The molecule has 0 spiro atoms. The Bertz CT molecular complexity index is 1760. The molecule has 220 valence electrons. The molecule has 9 nitrogen and oxygen atoms in total. The number of thioether (sulfide) groups is 1. The molecule has 12 heteroatoms. The van der Waals surface area contributed by atoms with Crippen molar-refractivity contribution in [1.29, 1.82) is 0 Å². The van der Waals surface area contributed by atoms with Crippen LogP contribution in [0.2, 0.25) is 5.02 Å². The maximum Gasteiger partial charge on any atom is 0.272 e. The fraction of sp³-hybridized carbons (Fsp3) is 0.0645. The van der Waals surface area contributed by atoms with Gasteiger partial charge in [0.1, 0.15) is 5.70 Å². The zero-order valence-corrected chi connectivity index (χ0v) is 25.2. The molecule has 0 radical (unpaired) electrons. The first kappa shape index (κ1) is 31.5. The van der Waals surface area contributed by atoms with E-state index in [4.69, 9.17) is 16.7 Å². The fourth-order valence-electron chi connectivity index (χ4n) is 3.74. The number of amides is 3. The molecule has 0 aliphatic heterocycles. The van der Waals surface area contributed by atoms with Crippen molar-refractivity contribution in [3.8, 4) is 0 Å². The van der Waals surface area contributed by atoms with Crippen LogP contribution in [0.1, 0.15) is 22.8 Å². The van der Waals surface area contributed by atoms with E-state index in [2.05, 4.69) is 16.0 Å². The number of rotatable bonds is 10. The molecule has 0 aliphatic carbocycles. The molecule has 0 saturated heterocycles. The number of primary sulfonamides is 1. The topological polar surface area (TPSA) is 147 Å². The Balaban J connectivity index is 1.45. The summed E-state index contributed by atoms with van der Waals surface area (Å²) in [5.41, 5.74) is 1.95. The van der Waals surface area contributed by atoms with E-state index in [0.717, 1.165) is 0 Å². The average Bonchev–Trinajstić information content (AvgIpc) is 2.98. The normalized spacial score (nSPS) is 12.2. The van der Waals surface area contributed by atoms with Gasteiger partial charge in [-0.15, -0.1) is 11.8 Å². The van der Waals surface area contributed by atoms with E-state index in [1.807, 2.05) is 0 Å². The van der Waals surface area contributed by atoms with Crippen molar-refractivity contribution in [1.82, 2.24) is 5.32 Å². The lowest BCUT2D eigenvalue weighted by Gasteiger charge is -2.14. The molecule has 0 saturated carbocycles. The highest BCUT2D eigenvalue weighted by molar-refractivity contribution is 8.00. The van der Waals surface area contributed by atoms with Crippen molar-refractivity contribution < 1.29 is 22.8 Å². The van der Waals surface area contributed by atoms with Crippen LogP contribution in [0.4, 0.5) is 11.4 Å². The Morgan fingerprint density at radius 2 is 1.51 bits per heavy atom. The molecule has 43 heavy (non-hydrogen) atoms. The Morgan fingerprint density at radius 1 is 0.837 bits per heavy atom. The van der Waals surface area contributed by atoms with Gasteiger partial charge >= 0.3 is 0 Å². The van der Waals surface area contributed by atoms with Crippen LogP contribution in [-0.2, 0) is 19.6 Å². The van der Waals surface area contributed by atoms with E-state index >= 15 is 0 Å². The highest BCUT2D eigenvalue weighted by Crippen LogP contribution is 2.27. The quantitative estimate of drug-likeness (QED) is 0.133. The number of benzene rings is 4. The van der Waals surface area contributed by atoms with Crippen molar-refractivity contribution >= 4 is 68.6 Å². The van der Waals surface area contributed by atoms with Gasteiger partial charge in [0.15, 0.2) is 0 Å². The number of nitrogens with one attached hydrogen (secondary N) is 3. The molecular weight excluding hydrogens is 608 g/mol. The van der Waals surface area contributed by atoms with Crippen LogP contribution in [0.3, 0.4) is 0 Å². The first-order valence-electron chi connectivity index (χ1n) is 12.8. The third-order valence-electron chi connectivity index (χ3n) is 5.93. The van der Waals surface area contributed by atoms with Gasteiger partial charge in [-0.3, -0.25) is 14.4 Å². The van der Waals surface area contributed by atoms with Crippen LogP contribution in [0, 0.1) is 0 Å². The molecule has 0 aliphatic rings. The zero-order chi connectivity index (χ0) is 31.0. The molecule has 0 aromatic heterocycles. The smallest absolute Gasteiger partial charge is 0.272 e. The molecule has 1 atom stereocenters. The molecule has 3 amide bonds. The van der Waals surface area contributed by atoms with Crippen molar-refractivity contribution in [3.63, 3.8) is 0 Å². The molecular formula is C31H27ClN4O5S2. The lowest BCUT2D eigenvalue weighted by Crippen LogP contribution is -2.30. The maximum absolute atomic E-state index is 13.3. The van der Waals surface area contributed by atoms with E-state index in [1.165, 1.54) is 36.0 Å². The number of hydrogen-bond donors (Lipinski definition) is 4. The Hall–Kier alpha value is -4.42. The molecule has 4 aromatic carbocycles. The summed E-state index contributed by atoms with van der Waals surface area (Å²) in [6.45, 7) is 1.72. The lowest BCUT2D eigenvalue weighted by atomic mass is 10.1. The van der Waals surface area contributed by atoms with Gasteiger partial charge in [-0.1, -0.05) is 48.0 Å². The molecule has 0 fully saturated rings. The minimum atomic E-state index is -3.84. The van der Waals surface area contributed by atoms with Crippen LogP contribution in [0.15, 0.2) is 119 Å². The zero-order valence-electron chi connectivity index (χ0n) is 22.8. The third-order valence-corrected chi connectivity index (χ3v) is 8.21. The van der Waals surface area contributed by atoms with E-state index in [9.17, 15) is 22.8 Å². The van der Waals surface area contributed by atoms with E-state index in [1.54, 1.807) is 91.9 Å². The van der Waals surface area contributed by atoms with E-state index in [0.29, 0.717) is 32.4 Å². The molecule has 0 bridgehead atoms. The second-order valence-corrected chi connectivity index (χ2v) is 12.6. The number of halogens is 1. The van der Waals surface area contributed by atoms with Crippen LogP contribution in [0.25, 0.3) is 6.08 Å². The summed E-state index contributed by atoms with van der Waals surface area (Å²) in [4.78, 5) is 39.6. The Labute approximate surface area is 258 Å². The van der Waals surface area contributed by atoms with Crippen molar-refractivity contribution in [3.05, 3.63) is 125 Å². The van der Waals surface area contributed by atoms with Gasteiger partial charge in [-0.2, -0.15) is 0 Å². The predicted octanol–water partition coefficient (Wildman–Crippen LogP) is 5.52. The van der Waals surface area contributed by atoms with Crippen LogP contribution >= 0.6 is 23.4 Å². The fourth-order valence-corrected chi connectivity index (χ4v) is 5.31. The van der Waals surface area contributed by atoms with Gasteiger partial charge in [0.25, 0.3) is 11.8 Å². The van der Waals surface area contributed by atoms with Gasteiger partial charge in [0.05, 0.1) is 10.1 Å². The summed E-state index contributed by atoms with van der Waals surface area (Å²) in [6, 6.07) is 27.8. The van der Waals surface area contributed by atoms with Crippen LogP contribution in [0.5, 0.6) is 0 Å². The second-order valence-electron chi connectivity index (χ2n) is 9.23. The van der Waals surface area contributed by atoms with Gasteiger partial charge < -0.3 is 16.0 Å². The Morgan fingerprint density at radius 3 is 2.16 bits per heavy atom. The highest BCUT2D eigenvalue weighted by atomic mass is 35.5. The third kappa shape index (κ3) is 9.29. The second kappa shape index (κ2) is 14.2. The monoisotopic (exact) mass is 634 g/mol. The van der Waals surface area contributed by atoms with Gasteiger partial charge in [0, 0.05) is 26.9 Å². The summed E-state index contributed by atoms with van der Waals surface area (Å²) >= 11 is 7.26. The van der Waals surface area contributed by atoms with Crippen LogP contribution in [-0.4, -0.2) is 31.4 Å². The van der Waals surface area contributed by atoms with Crippen LogP contribution < -0.4 is 21.1 Å². The lowest BCUT2D eigenvalue weighted by molar-refractivity contribution is -0.115. The maximum atomic E-state index is 13.3. The highest BCUT2D eigenvalue weighted by Gasteiger charge is 2.18. The van der Waals surface area contributed by atoms with Gasteiger partial charge in [-0.05, 0) is 85.3 Å². The first-order chi connectivity index (χ1) is 20.5. The van der Waals surface area contributed by atoms with Gasteiger partial charge in [-0.25, -0.2) is 13.6 Å². The Kier molecular flexibility index (Phi) is 10.4. The molecule has 4 rings (SSSR count). The number of nitrogens with two attached hydrogens (primary N) is 1. The summed E-state index contributed by atoms with van der Waals surface area (Å²) in [5.74, 6) is -1.30. The number of carbonyl (C=O) groups is 3. The minimum Gasteiger partial charge on any atom is -0.325 e. The average molecular weight is 635 g/mol. The molecule has 1 unspecified atom stereocenters. The van der Waals surface area contributed by atoms with Crippen molar-refractivity contribution in [2.24, 2.45) is 5.14 Å². The van der Waals surface area contributed by atoms with Crippen molar-refractivity contribution in [2.75, 3.05) is 10.6 Å². The predicted molar refractivity (Wildman–Crippen MR) is 170 cm³/mol. The van der Waals surface area contributed by atoms with E-state index in [-0.39, 0.29) is 16.5 Å². The summed E-state index contributed by atoms with van der Waals surface area (Å²) in [7, 11) is -3.84. The largest absolute Gasteiger partial charge is 0.325 e. The first-order valence-corrected chi connectivity index (χ1v) is 15.6.